The smallest absolute Gasteiger partial charge is 0.163 e. The van der Waals surface area contributed by atoms with Crippen LogP contribution in [0.25, 0.3) is 11.4 Å². The molecule has 28 heavy (non-hydrogen) atoms. The fourth-order valence-corrected chi connectivity index (χ4v) is 3.13. The number of hydrogen-bond acceptors (Lipinski definition) is 4. The van der Waals surface area contributed by atoms with Crippen LogP contribution in [0, 0.1) is 6.92 Å². The lowest BCUT2D eigenvalue weighted by molar-refractivity contribution is -0.118. The molecule has 0 aliphatic carbocycles. The maximum atomic E-state index is 12.4. The zero-order valence-electron chi connectivity index (χ0n) is 16.6. The van der Waals surface area contributed by atoms with Crippen LogP contribution in [0.4, 0.5) is 0 Å². The highest BCUT2D eigenvalue weighted by atomic mass is 16.1. The second-order valence-corrected chi connectivity index (χ2v) is 7.28. The van der Waals surface area contributed by atoms with Crippen molar-refractivity contribution in [2.75, 3.05) is 0 Å². The van der Waals surface area contributed by atoms with Gasteiger partial charge in [0, 0.05) is 25.5 Å². The normalized spacial score (nSPS) is 10.8. The van der Waals surface area contributed by atoms with Crippen molar-refractivity contribution in [1.29, 1.82) is 0 Å². The topological polar surface area (TPSA) is 64.8 Å². The van der Waals surface area contributed by atoms with Crippen LogP contribution in [-0.4, -0.2) is 26.3 Å². The van der Waals surface area contributed by atoms with Gasteiger partial charge in [-0.3, -0.25) is 9.59 Å². The van der Waals surface area contributed by atoms with E-state index in [9.17, 15) is 9.59 Å². The summed E-state index contributed by atoms with van der Waals surface area (Å²) in [4.78, 5) is 23.6. The van der Waals surface area contributed by atoms with E-state index in [1.165, 1.54) is 11.1 Å². The highest BCUT2D eigenvalue weighted by Crippen LogP contribution is 2.19. The Hall–Kier alpha value is -3.08. The molecule has 3 rings (SSSR count). The third kappa shape index (κ3) is 5.00. The van der Waals surface area contributed by atoms with Gasteiger partial charge in [-0.25, -0.2) is 0 Å². The van der Waals surface area contributed by atoms with E-state index >= 15 is 0 Å². The molecule has 0 atom stereocenters. The Kier molecular flexibility index (Phi) is 6.14. The Bertz CT molecular complexity index is 970. The lowest BCUT2D eigenvalue weighted by Gasteiger charge is -2.05. The summed E-state index contributed by atoms with van der Waals surface area (Å²) in [5, 5.41) is 8.46. The maximum absolute atomic E-state index is 12.4. The average Bonchev–Trinajstić information content (AvgIpc) is 3.02. The van der Waals surface area contributed by atoms with Crippen molar-refractivity contribution in [3.05, 3.63) is 71.0 Å². The molecular weight excluding hydrogens is 350 g/mol. The number of Topliss-reactive ketones (excluding diaryl/α,β-unsaturated/α-hetero) is 2. The molecule has 0 N–H and O–H groups in total. The van der Waals surface area contributed by atoms with Gasteiger partial charge in [0.05, 0.1) is 6.42 Å². The van der Waals surface area contributed by atoms with E-state index < -0.39 is 0 Å². The highest BCUT2D eigenvalue weighted by molar-refractivity contribution is 5.80. The van der Waals surface area contributed by atoms with E-state index in [2.05, 4.69) is 41.4 Å². The lowest BCUT2D eigenvalue weighted by atomic mass is 10.0. The first-order valence-corrected chi connectivity index (χ1v) is 9.46. The molecule has 144 valence electrons. The minimum absolute atomic E-state index is 0.137. The van der Waals surface area contributed by atoms with E-state index in [0.717, 1.165) is 23.4 Å². The number of hydrogen-bond donors (Lipinski definition) is 0. The van der Waals surface area contributed by atoms with Crippen molar-refractivity contribution >= 4 is 11.6 Å². The minimum Gasteiger partial charge on any atom is -0.314 e. The zero-order valence-corrected chi connectivity index (χ0v) is 16.6. The van der Waals surface area contributed by atoms with Crippen LogP contribution in [0.2, 0.25) is 0 Å². The molecule has 0 saturated carbocycles. The lowest BCUT2D eigenvalue weighted by Crippen LogP contribution is -2.09. The molecule has 0 fully saturated rings. The fraction of sp³-hybridized carbons (Fsp3) is 0.304. The molecule has 3 aromatic rings. The average molecular weight is 375 g/mol. The van der Waals surface area contributed by atoms with Gasteiger partial charge < -0.3 is 4.57 Å². The van der Waals surface area contributed by atoms with Crippen LogP contribution in [0.1, 0.15) is 35.9 Å². The van der Waals surface area contributed by atoms with Crippen LogP contribution in [0.3, 0.4) is 0 Å². The Morgan fingerprint density at radius 1 is 0.893 bits per heavy atom. The number of carbonyl (C=O) groups is 2. The van der Waals surface area contributed by atoms with Gasteiger partial charge in [0.1, 0.15) is 17.4 Å². The van der Waals surface area contributed by atoms with Gasteiger partial charge in [0.15, 0.2) is 5.82 Å². The molecule has 0 bridgehead atoms. The summed E-state index contributed by atoms with van der Waals surface area (Å²) in [5.41, 5.74) is 4.28. The third-order valence-electron chi connectivity index (χ3n) is 4.80. The van der Waals surface area contributed by atoms with Gasteiger partial charge in [0.25, 0.3) is 0 Å². The second kappa shape index (κ2) is 8.74. The summed E-state index contributed by atoms with van der Waals surface area (Å²) in [5.74, 6) is 1.67. The van der Waals surface area contributed by atoms with Gasteiger partial charge in [-0.1, -0.05) is 54.1 Å². The van der Waals surface area contributed by atoms with Crippen LogP contribution < -0.4 is 0 Å². The first-order valence-electron chi connectivity index (χ1n) is 9.46. The number of aryl methyl sites for hydroxylation is 2. The molecule has 1 aromatic heterocycles. The number of aromatic nitrogens is 3. The van der Waals surface area contributed by atoms with Crippen LogP contribution in [-0.2, 0) is 35.9 Å². The fourth-order valence-electron chi connectivity index (χ4n) is 3.13. The number of carbonyl (C=O) groups excluding carboxylic acids is 2. The summed E-state index contributed by atoms with van der Waals surface area (Å²) in [6.45, 7) is 3.64. The third-order valence-corrected chi connectivity index (χ3v) is 4.80. The quantitative estimate of drug-likeness (QED) is 0.603. The number of nitrogens with zero attached hydrogens (tertiary/aromatic N) is 3. The van der Waals surface area contributed by atoms with E-state index in [0.29, 0.717) is 18.7 Å². The molecule has 0 aliphatic rings. The first kappa shape index (κ1) is 19.7. The number of benzene rings is 2. The molecule has 5 nitrogen and oxygen atoms in total. The Labute approximate surface area is 165 Å². The standard InChI is InChI=1S/C23H25N3O2/c1-16-4-6-18(7-5-16)10-13-21(28)15-22-24-25-23(26(22)3)20-11-8-19(9-12-20)14-17(2)27/h4-9,11-12H,10,13-15H2,1-3H3. The highest BCUT2D eigenvalue weighted by Gasteiger charge is 2.14. The van der Waals surface area contributed by atoms with Crippen LogP contribution >= 0.6 is 0 Å². The Morgan fingerprint density at radius 2 is 1.54 bits per heavy atom. The summed E-state index contributed by atoms with van der Waals surface area (Å²) in [7, 11) is 1.88. The van der Waals surface area contributed by atoms with Crippen molar-refractivity contribution < 1.29 is 9.59 Å². The van der Waals surface area contributed by atoms with E-state index in [4.69, 9.17) is 0 Å². The molecule has 0 aliphatic heterocycles. The maximum Gasteiger partial charge on any atom is 0.163 e. The largest absolute Gasteiger partial charge is 0.314 e. The van der Waals surface area contributed by atoms with Crippen molar-refractivity contribution in [3.63, 3.8) is 0 Å². The van der Waals surface area contributed by atoms with Gasteiger partial charge in [-0.2, -0.15) is 0 Å². The molecule has 2 aromatic carbocycles. The molecule has 0 radical (unpaired) electrons. The monoisotopic (exact) mass is 375 g/mol. The molecule has 0 saturated heterocycles. The van der Waals surface area contributed by atoms with E-state index in [1.54, 1.807) is 6.92 Å². The molecular formula is C23H25N3O2. The van der Waals surface area contributed by atoms with Crippen molar-refractivity contribution in [2.45, 2.75) is 39.5 Å². The Morgan fingerprint density at radius 3 is 2.18 bits per heavy atom. The first-order chi connectivity index (χ1) is 13.4. The van der Waals surface area contributed by atoms with Crippen LogP contribution in [0.15, 0.2) is 48.5 Å². The summed E-state index contributed by atoms with van der Waals surface area (Å²) in [6, 6.07) is 16.0. The van der Waals surface area contributed by atoms with E-state index in [-0.39, 0.29) is 18.0 Å². The molecule has 0 unspecified atom stereocenters. The molecule has 5 heteroatoms. The summed E-state index contributed by atoms with van der Waals surface area (Å²) < 4.78 is 1.86. The summed E-state index contributed by atoms with van der Waals surface area (Å²) in [6.07, 6.45) is 1.93. The summed E-state index contributed by atoms with van der Waals surface area (Å²) >= 11 is 0. The predicted octanol–water partition coefficient (Wildman–Crippen LogP) is 3.67. The van der Waals surface area contributed by atoms with Crippen molar-refractivity contribution in [1.82, 2.24) is 14.8 Å². The molecule has 0 amide bonds. The van der Waals surface area contributed by atoms with Crippen molar-refractivity contribution in [2.24, 2.45) is 7.05 Å². The number of rotatable bonds is 8. The Balaban J connectivity index is 1.63. The van der Waals surface area contributed by atoms with Crippen molar-refractivity contribution in [3.8, 4) is 11.4 Å². The van der Waals surface area contributed by atoms with Gasteiger partial charge in [-0.15, -0.1) is 10.2 Å². The predicted molar refractivity (Wildman–Crippen MR) is 109 cm³/mol. The van der Waals surface area contributed by atoms with E-state index in [1.807, 2.05) is 35.9 Å². The second-order valence-electron chi connectivity index (χ2n) is 7.28. The van der Waals surface area contributed by atoms with Gasteiger partial charge >= 0.3 is 0 Å². The SMILES string of the molecule is CC(=O)Cc1ccc(-c2nnc(CC(=O)CCc3ccc(C)cc3)n2C)cc1. The zero-order chi connectivity index (χ0) is 20.1. The minimum atomic E-state index is 0.137. The van der Waals surface area contributed by atoms with Gasteiger partial charge in [-0.05, 0) is 31.4 Å². The van der Waals surface area contributed by atoms with Crippen LogP contribution in [0.5, 0.6) is 0 Å². The van der Waals surface area contributed by atoms with Gasteiger partial charge in [0.2, 0.25) is 0 Å². The molecule has 0 spiro atoms. The number of ketones is 2. The molecule has 1 heterocycles.